The molecular weight excluding hydrogens is 322 g/mol. The second kappa shape index (κ2) is 10.1. The second-order valence-electron chi connectivity index (χ2n) is 4.18. The molecule has 0 spiro atoms. The van der Waals surface area contributed by atoms with Crippen LogP contribution in [0.25, 0.3) is 0 Å². The third kappa shape index (κ3) is 7.47. The lowest BCUT2D eigenvalue weighted by atomic mass is 10.2. The highest BCUT2D eigenvalue weighted by Gasteiger charge is 1.98. The molecule has 0 radical (unpaired) electrons. The summed E-state index contributed by atoms with van der Waals surface area (Å²) in [6.07, 6.45) is 4.57. The van der Waals surface area contributed by atoms with Gasteiger partial charge in [0.05, 0.1) is 0 Å². The summed E-state index contributed by atoms with van der Waals surface area (Å²) >= 11 is 5.33. The van der Waals surface area contributed by atoms with E-state index in [4.69, 9.17) is 0 Å². The first-order valence-electron chi connectivity index (χ1n) is 6.44. The number of rotatable bonds is 7. The SMILES string of the molecule is CN=C(NCCCCSC)NCc1ccc(Br)cc1. The zero-order valence-electron chi connectivity index (χ0n) is 11.6. The molecule has 1 aromatic rings. The second-order valence-corrected chi connectivity index (χ2v) is 6.08. The summed E-state index contributed by atoms with van der Waals surface area (Å²) in [6.45, 7) is 1.76. The molecule has 19 heavy (non-hydrogen) atoms. The normalized spacial score (nSPS) is 11.4. The molecule has 0 aromatic heterocycles. The maximum absolute atomic E-state index is 4.22. The summed E-state index contributed by atoms with van der Waals surface area (Å²) < 4.78 is 1.10. The van der Waals surface area contributed by atoms with Crippen LogP contribution < -0.4 is 10.6 Å². The average molecular weight is 344 g/mol. The van der Waals surface area contributed by atoms with E-state index in [1.165, 1.54) is 24.2 Å². The molecule has 106 valence electrons. The topological polar surface area (TPSA) is 36.4 Å². The van der Waals surface area contributed by atoms with Crippen LogP contribution in [-0.2, 0) is 6.54 Å². The Kier molecular flexibility index (Phi) is 8.75. The van der Waals surface area contributed by atoms with Gasteiger partial charge in [0.1, 0.15) is 0 Å². The van der Waals surface area contributed by atoms with Gasteiger partial charge < -0.3 is 10.6 Å². The summed E-state index contributed by atoms with van der Waals surface area (Å²) in [5.41, 5.74) is 1.24. The van der Waals surface area contributed by atoms with Crippen LogP contribution in [0, 0.1) is 0 Å². The zero-order chi connectivity index (χ0) is 13.9. The molecule has 0 atom stereocenters. The van der Waals surface area contributed by atoms with Gasteiger partial charge >= 0.3 is 0 Å². The van der Waals surface area contributed by atoms with E-state index >= 15 is 0 Å². The van der Waals surface area contributed by atoms with Gasteiger partial charge in [-0.3, -0.25) is 4.99 Å². The van der Waals surface area contributed by atoms with E-state index in [1.807, 2.05) is 11.8 Å². The van der Waals surface area contributed by atoms with Crippen LogP contribution in [0.4, 0.5) is 0 Å². The first-order chi connectivity index (χ1) is 9.26. The summed E-state index contributed by atoms with van der Waals surface area (Å²) in [7, 11) is 1.80. The number of thioether (sulfide) groups is 1. The van der Waals surface area contributed by atoms with Crippen molar-refractivity contribution in [3.8, 4) is 0 Å². The molecule has 2 N–H and O–H groups in total. The standard InChI is InChI=1S/C14H22BrN3S/c1-16-14(17-9-3-4-10-19-2)18-11-12-5-7-13(15)8-6-12/h5-8H,3-4,9-11H2,1-2H3,(H2,16,17,18). The predicted molar refractivity (Wildman–Crippen MR) is 90.0 cm³/mol. The number of nitrogens with zero attached hydrogens (tertiary/aromatic N) is 1. The molecule has 0 fully saturated rings. The molecule has 0 saturated heterocycles. The van der Waals surface area contributed by atoms with Crippen LogP contribution in [0.2, 0.25) is 0 Å². The van der Waals surface area contributed by atoms with E-state index < -0.39 is 0 Å². The van der Waals surface area contributed by atoms with Crippen molar-refractivity contribution in [1.82, 2.24) is 10.6 Å². The fraction of sp³-hybridized carbons (Fsp3) is 0.500. The van der Waals surface area contributed by atoms with Crippen molar-refractivity contribution >= 4 is 33.7 Å². The monoisotopic (exact) mass is 343 g/mol. The maximum atomic E-state index is 4.22. The Morgan fingerprint density at radius 1 is 1.21 bits per heavy atom. The summed E-state index contributed by atoms with van der Waals surface area (Å²) in [4.78, 5) is 4.22. The van der Waals surface area contributed by atoms with Gasteiger partial charge in [0.25, 0.3) is 0 Å². The third-order valence-corrected chi connectivity index (χ3v) is 3.89. The van der Waals surface area contributed by atoms with Gasteiger partial charge in [-0.1, -0.05) is 28.1 Å². The van der Waals surface area contributed by atoms with Crippen molar-refractivity contribution in [1.29, 1.82) is 0 Å². The summed E-state index contributed by atoms with van der Waals surface area (Å²) in [5, 5.41) is 6.64. The number of halogens is 1. The highest BCUT2D eigenvalue weighted by Crippen LogP contribution is 2.10. The van der Waals surface area contributed by atoms with E-state index in [1.54, 1.807) is 7.05 Å². The van der Waals surface area contributed by atoms with Gasteiger partial charge in [-0.25, -0.2) is 0 Å². The van der Waals surface area contributed by atoms with Crippen molar-refractivity contribution in [3.63, 3.8) is 0 Å². The molecule has 0 aliphatic heterocycles. The molecule has 0 aliphatic rings. The van der Waals surface area contributed by atoms with Crippen molar-refractivity contribution < 1.29 is 0 Å². The van der Waals surface area contributed by atoms with Crippen molar-refractivity contribution in [2.45, 2.75) is 19.4 Å². The Morgan fingerprint density at radius 3 is 2.58 bits per heavy atom. The molecule has 1 rings (SSSR count). The van der Waals surface area contributed by atoms with Crippen LogP contribution in [0.15, 0.2) is 33.7 Å². The lowest BCUT2D eigenvalue weighted by Crippen LogP contribution is -2.37. The molecule has 5 heteroatoms. The van der Waals surface area contributed by atoms with Crippen LogP contribution >= 0.6 is 27.7 Å². The van der Waals surface area contributed by atoms with Gasteiger partial charge in [0.15, 0.2) is 5.96 Å². The largest absolute Gasteiger partial charge is 0.356 e. The Bertz CT molecular complexity index is 379. The zero-order valence-corrected chi connectivity index (χ0v) is 14.0. The molecule has 1 aromatic carbocycles. The van der Waals surface area contributed by atoms with E-state index in [0.29, 0.717) is 0 Å². The van der Waals surface area contributed by atoms with E-state index in [-0.39, 0.29) is 0 Å². The van der Waals surface area contributed by atoms with Crippen LogP contribution in [-0.4, -0.2) is 31.6 Å². The Labute approximate surface area is 128 Å². The number of guanidine groups is 1. The van der Waals surface area contributed by atoms with Crippen LogP contribution in [0.5, 0.6) is 0 Å². The van der Waals surface area contributed by atoms with Crippen LogP contribution in [0.1, 0.15) is 18.4 Å². The Hall–Kier alpha value is -0.680. The first-order valence-corrected chi connectivity index (χ1v) is 8.63. The first kappa shape index (κ1) is 16.4. The van der Waals surface area contributed by atoms with E-state index in [9.17, 15) is 0 Å². The van der Waals surface area contributed by atoms with Gasteiger partial charge in [0, 0.05) is 24.6 Å². The third-order valence-electron chi connectivity index (χ3n) is 2.66. The number of aliphatic imine (C=N–C) groups is 1. The predicted octanol–water partition coefficient (Wildman–Crippen LogP) is 3.26. The average Bonchev–Trinajstić information content (AvgIpc) is 2.44. The molecular formula is C14H22BrN3S. The number of hydrogen-bond donors (Lipinski definition) is 2. The minimum Gasteiger partial charge on any atom is -0.356 e. The lowest BCUT2D eigenvalue weighted by Gasteiger charge is -2.11. The molecule has 0 bridgehead atoms. The van der Waals surface area contributed by atoms with Gasteiger partial charge in [0.2, 0.25) is 0 Å². The highest BCUT2D eigenvalue weighted by atomic mass is 79.9. The van der Waals surface area contributed by atoms with Gasteiger partial charge in [-0.2, -0.15) is 11.8 Å². The minimum absolute atomic E-state index is 0.789. The van der Waals surface area contributed by atoms with Gasteiger partial charge in [-0.05, 0) is 42.5 Å². The Balaban J connectivity index is 2.23. The Morgan fingerprint density at radius 2 is 1.95 bits per heavy atom. The van der Waals surface area contributed by atoms with E-state index in [2.05, 4.69) is 62.1 Å². The van der Waals surface area contributed by atoms with E-state index in [0.717, 1.165) is 23.5 Å². The number of unbranched alkanes of at least 4 members (excludes halogenated alkanes) is 1. The number of hydrogen-bond acceptors (Lipinski definition) is 2. The molecule has 3 nitrogen and oxygen atoms in total. The molecule has 0 aliphatic carbocycles. The molecule has 0 saturated carbocycles. The quantitative estimate of drug-likeness (QED) is 0.453. The van der Waals surface area contributed by atoms with Crippen molar-refractivity contribution in [2.75, 3.05) is 25.6 Å². The fourth-order valence-electron chi connectivity index (χ4n) is 1.59. The lowest BCUT2D eigenvalue weighted by molar-refractivity contribution is 0.733. The number of benzene rings is 1. The summed E-state index contributed by atoms with van der Waals surface area (Å²) in [5.74, 6) is 2.10. The van der Waals surface area contributed by atoms with Crippen LogP contribution in [0.3, 0.4) is 0 Å². The smallest absolute Gasteiger partial charge is 0.191 e. The molecule has 0 heterocycles. The molecule has 0 unspecified atom stereocenters. The molecule has 0 amide bonds. The number of nitrogens with one attached hydrogen (secondary N) is 2. The highest BCUT2D eigenvalue weighted by molar-refractivity contribution is 9.10. The minimum atomic E-state index is 0.789. The van der Waals surface area contributed by atoms with Crippen molar-refractivity contribution in [2.24, 2.45) is 4.99 Å². The fourth-order valence-corrected chi connectivity index (χ4v) is 2.34. The maximum Gasteiger partial charge on any atom is 0.191 e. The van der Waals surface area contributed by atoms with Crippen molar-refractivity contribution in [3.05, 3.63) is 34.3 Å². The summed E-state index contributed by atoms with van der Waals surface area (Å²) in [6, 6.07) is 8.30. The van der Waals surface area contributed by atoms with Gasteiger partial charge in [-0.15, -0.1) is 0 Å².